The maximum atomic E-state index is 11.2. The number of ether oxygens (including phenoxy) is 1. The van der Waals surface area contributed by atoms with Crippen LogP contribution < -0.4 is 4.74 Å². The van der Waals surface area contributed by atoms with Crippen LogP contribution in [0.5, 0.6) is 5.75 Å². The van der Waals surface area contributed by atoms with Crippen LogP contribution >= 0.6 is 15.9 Å². The Balaban J connectivity index is 2.37. The van der Waals surface area contributed by atoms with Crippen LogP contribution in [0.15, 0.2) is 27.2 Å². The summed E-state index contributed by atoms with van der Waals surface area (Å²) in [5.74, 6) is 0.647. The molecule has 2 rings (SSSR count). The first-order valence-electron chi connectivity index (χ1n) is 6.09. The second-order valence-electron chi connectivity index (χ2n) is 4.49. The number of aromatic nitrogens is 1. The van der Waals surface area contributed by atoms with Gasteiger partial charge in [0.25, 0.3) is 0 Å². The molecule has 0 amide bonds. The third kappa shape index (κ3) is 3.59. The summed E-state index contributed by atoms with van der Waals surface area (Å²) in [5, 5.41) is 24.7. The SMILES string of the molecule is Cc1cc(COc2c([C@H](C)O)cc(Br)cc2[N+](=O)[O-])no1. The number of aliphatic hydroxyl groups excluding tert-OH is 1. The molecule has 0 aliphatic rings. The lowest BCUT2D eigenvalue weighted by Gasteiger charge is -2.13. The van der Waals surface area contributed by atoms with E-state index in [2.05, 4.69) is 21.1 Å². The molecule has 0 saturated carbocycles. The van der Waals surface area contributed by atoms with E-state index in [4.69, 9.17) is 9.26 Å². The normalized spacial score (nSPS) is 12.2. The van der Waals surface area contributed by atoms with E-state index in [1.807, 2.05) is 0 Å². The quantitative estimate of drug-likeness (QED) is 0.651. The number of aliphatic hydroxyl groups is 1. The number of nitro groups is 1. The predicted molar refractivity (Wildman–Crippen MR) is 77.0 cm³/mol. The summed E-state index contributed by atoms with van der Waals surface area (Å²) in [7, 11) is 0. The van der Waals surface area contributed by atoms with Gasteiger partial charge in [-0.25, -0.2) is 0 Å². The van der Waals surface area contributed by atoms with Crippen LogP contribution in [0.4, 0.5) is 5.69 Å². The molecule has 1 aromatic carbocycles. The minimum Gasteiger partial charge on any atom is -0.480 e. The number of rotatable bonds is 5. The van der Waals surface area contributed by atoms with Crippen molar-refractivity contribution in [2.24, 2.45) is 0 Å². The van der Waals surface area contributed by atoms with Crippen molar-refractivity contribution >= 4 is 21.6 Å². The molecule has 0 radical (unpaired) electrons. The van der Waals surface area contributed by atoms with Gasteiger partial charge in [-0.15, -0.1) is 0 Å². The molecule has 112 valence electrons. The zero-order chi connectivity index (χ0) is 15.6. The topological polar surface area (TPSA) is 98.6 Å². The third-order valence-electron chi connectivity index (χ3n) is 2.75. The van der Waals surface area contributed by atoms with Crippen molar-refractivity contribution in [3.63, 3.8) is 0 Å². The Hall–Kier alpha value is -1.93. The maximum Gasteiger partial charge on any atom is 0.312 e. The van der Waals surface area contributed by atoms with Gasteiger partial charge in [0.15, 0.2) is 0 Å². The minimum absolute atomic E-state index is 0.0134. The summed E-state index contributed by atoms with van der Waals surface area (Å²) < 4.78 is 10.9. The molecule has 1 heterocycles. The minimum atomic E-state index is -0.907. The van der Waals surface area contributed by atoms with Crippen molar-refractivity contribution in [1.82, 2.24) is 5.16 Å². The molecule has 0 bridgehead atoms. The van der Waals surface area contributed by atoms with Crippen molar-refractivity contribution in [2.75, 3.05) is 0 Å². The summed E-state index contributed by atoms with van der Waals surface area (Å²) in [6.07, 6.45) is -0.907. The highest BCUT2D eigenvalue weighted by atomic mass is 79.9. The predicted octanol–water partition coefficient (Wildman–Crippen LogP) is 3.29. The molecular weight excluding hydrogens is 344 g/mol. The van der Waals surface area contributed by atoms with E-state index in [9.17, 15) is 15.2 Å². The average Bonchev–Trinajstić information content (AvgIpc) is 2.81. The van der Waals surface area contributed by atoms with Crippen LogP contribution in [0.3, 0.4) is 0 Å². The van der Waals surface area contributed by atoms with Gasteiger partial charge < -0.3 is 14.4 Å². The number of nitrogens with zero attached hydrogens (tertiary/aromatic N) is 2. The van der Waals surface area contributed by atoms with Gasteiger partial charge in [0, 0.05) is 22.2 Å². The van der Waals surface area contributed by atoms with Crippen molar-refractivity contribution in [2.45, 2.75) is 26.6 Å². The zero-order valence-electron chi connectivity index (χ0n) is 11.4. The number of aryl methyl sites for hydroxylation is 1. The molecule has 0 saturated heterocycles. The summed E-state index contributed by atoms with van der Waals surface area (Å²) in [4.78, 5) is 10.6. The Morgan fingerprint density at radius 1 is 1.52 bits per heavy atom. The molecule has 0 aliphatic heterocycles. The number of hydrogen-bond acceptors (Lipinski definition) is 6. The van der Waals surface area contributed by atoms with Crippen molar-refractivity contribution in [3.8, 4) is 5.75 Å². The molecule has 0 unspecified atom stereocenters. The van der Waals surface area contributed by atoms with Crippen LogP contribution in [0.2, 0.25) is 0 Å². The Kier molecular flexibility index (Phi) is 4.59. The summed E-state index contributed by atoms with van der Waals surface area (Å²) in [6.45, 7) is 3.26. The molecule has 1 aromatic heterocycles. The van der Waals surface area contributed by atoms with Crippen LogP contribution in [-0.4, -0.2) is 15.2 Å². The van der Waals surface area contributed by atoms with Crippen molar-refractivity contribution in [3.05, 3.63) is 49.8 Å². The van der Waals surface area contributed by atoms with Gasteiger partial charge in [-0.2, -0.15) is 0 Å². The number of hydrogen-bond donors (Lipinski definition) is 1. The fraction of sp³-hybridized carbons (Fsp3) is 0.308. The smallest absolute Gasteiger partial charge is 0.312 e. The summed E-state index contributed by atoms with van der Waals surface area (Å²) in [6, 6.07) is 4.59. The highest BCUT2D eigenvalue weighted by molar-refractivity contribution is 9.10. The van der Waals surface area contributed by atoms with E-state index in [0.29, 0.717) is 21.5 Å². The van der Waals surface area contributed by atoms with Crippen LogP contribution in [0.1, 0.15) is 30.0 Å². The lowest BCUT2D eigenvalue weighted by Crippen LogP contribution is -2.05. The van der Waals surface area contributed by atoms with Gasteiger partial charge >= 0.3 is 5.69 Å². The van der Waals surface area contributed by atoms with Gasteiger partial charge in [0.2, 0.25) is 5.75 Å². The number of benzene rings is 1. The lowest BCUT2D eigenvalue weighted by atomic mass is 10.1. The van der Waals surface area contributed by atoms with E-state index in [0.717, 1.165) is 0 Å². The van der Waals surface area contributed by atoms with Crippen LogP contribution in [0, 0.1) is 17.0 Å². The van der Waals surface area contributed by atoms with E-state index in [-0.39, 0.29) is 18.0 Å². The standard InChI is InChI=1S/C13H13BrN2O5/c1-7-3-10(15-21-7)6-20-13-11(8(2)17)4-9(14)5-12(13)16(18)19/h3-5,8,17H,6H2,1-2H3/t8-/m0/s1. The first kappa shape index (κ1) is 15.5. The second kappa shape index (κ2) is 6.23. The Labute approximate surface area is 128 Å². The highest BCUT2D eigenvalue weighted by Gasteiger charge is 2.23. The van der Waals surface area contributed by atoms with Crippen molar-refractivity contribution < 1.29 is 19.3 Å². The number of halogens is 1. The fourth-order valence-corrected chi connectivity index (χ4v) is 2.30. The number of nitro benzene ring substituents is 1. The van der Waals surface area contributed by atoms with Gasteiger partial charge in [-0.1, -0.05) is 21.1 Å². The Bertz CT molecular complexity index is 669. The third-order valence-corrected chi connectivity index (χ3v) is 3.21. The molecular formula is C13H13BrN2O5. The second-order valence-corrected chi connectivity index (χ2v) is 5.41. The molecule has 8 heteroatoms. The molecule has 0 aliphatic carbocycles. The Morgan fingerprint density at radius 2 is 2.24 bits per heavy atom. The molecule has 1 N–H and O–H groups in total. The first-order chi connectivity index (χ1) is 9.88. The maximum absolute atomic E-state index is 11.2. The summed E-state index contributed by atoms with van der Waals surface area (Å²) in [5.41, 5.74) is 0.623. The van der Waals surface area contributed by atoms with E-state index < -0.39 is 11.0 Å². The molecule has 0 fully saturated rings. The van der Waals surface area contributed by atoms with Gasteiger partial charge in [0.05, 0.1) is 11.0 Å². The molecule has 7 nitrogen and oxygen atoms in total. The van der Waals surface area contributed by atoms with Gasteiger partial charge in [-0.3, -0.25) is 10.1 Å². The highest BCUT2D eigenvalue weighted by Crippen LogP contribution is 2.38. The monoisotopic (exact) mass is 356 g/mol. The van der Waals surface area contributed by atoms with Gasteiger partial charge in [0.1, 0.15) is 18.1 Å². The van der Waals surface area contributed by atoms with E-state index in [1.165, 1.54) is 13.0 Å². The lowest BCUT2D eigenvalue weighted by molar-refractivity contribution is -0.386. The summed E-state index contributed by atoms with van der Waals surface area (Å²) >= 11 is 3.18. The largest absolute Gasteiger partial charge is 0.480 e. The van der Waals surface area contributed by atoms with Crippen LogP contribution in [-0.2, 0) is 6.61 Å². The van der Waals surface area contributed by atoms with E-state index >= 15 is 0 Å². The first-order valence-corrected chi connectivity index (χ1v) is 6.88. The molecule has 2 aromatic rings. The molecule has 0 spiro atoms. The van der Waals surface area contributed by atoms with Gasteiger partial charge in [-0.05, 0) is 19.9 Å². The van der Waals surface area contributed by atoms with Crippen molar-refractivity contribution in [1.29, 1.82) is 0 Å². The Morgan fingerprint density at radius 3 is 2.76 bits per heavy atom. The average molecular weight is 357 g/mol. The van der Waals surface area contributed by atoms with E-state index in [1.54, 1.807) is 19.1 Å². The zero-order valence-corrected chi connectivity index (χ0v) is 13.0. The van der Waals surface area contributed by atoms with Crippen LogP contribution in [0.25, 0.3) is 0 Å². The molecule has 21 heavy (non-hydrogen) atoms. The molecule has 1 atom stereocenters. The fourth-order valence-electron chi connectivity index (χ4n) is 1.84.